The molecule has 1 aliphatic rings. The summed E-state index contributed by atoms with van der Waals surface area (Å²) in [6.45, 7) is 0.972. The van der Waals surface area contributed by atoms with Crippen LogP contribution in [-0.4, -0.2) is 35.4 Å². The third-order valence-electron chi connectivity index (χ3n) is 4.50. The van der Waals surface area contributed by atoms with Crippen molar-refractivity contribution in [1.29, 1.82) is 0 Å². The Bertz CT molecular complexity index is 814. The number of halogens is 1. The minimum atomic E-state index is -3.75. The van der Waals surface area contributed by atoms with E-state index in [-0.39, 0.29) is 5.56 Å². The van der Waals surface area contributed by atoms with Crippen LogP contribution in [-0.2, 0) is 17.3 Å². The lowest BCUT2D eigenvalue weighted by Gasteiger charge is -2.25. The molecule has 0 radical (unpaired) electrons. The van der Waals surface area contributed by atoms with Crippen LogP contribution < -0.4 is 4.72 Å². The summed E-state index contributed by atoms with van der Waals surface area (Å²) in [7, 11) is -1.99. The van der Waals surface area contributed by atoms with E-state index in [9.17, 15) is 12.8 Å². The summed E-state index contributed by atoms with van der Waals surface area (Å²) in [5, 5.41) is 0. The molecule has 25 heavy (non-hydrogen) atoms. The highest BCUT2D eigenvalue weighted by Crippen LogP contribution is 2.25. The molecule has 1 N–H and O–H groups in total. The number of aromatic nitrogens is 2. The van der Waals surface area contributed by atoms with Crippen molar-refractivity contribution in [3.63, 3.8) is 0 Å². The molecule has 0 aliphatic carbocycles. The van der Waals surface area contributed by atoms with Crippen LogP contribution in [0.25, 0.3) is 0 Å². The zero-order valence-corrected chi connectivity index (χ0v) is 15.0. The van der Waals surface area contributed by atoms with Gasteiger partial charge in [-0.25, -0.2) is 9.37 Å². The number of nitrogens with zero attached hydrogens (tertiary/aromatic N) is 3. The predicted octanol–water partition coefficient (Wildman–Crippen LogP) is 2.36. The largest absolute Gasteiger partial charge is 0.336 e. The standard InChI is InChI=1S/C17H23FN4O2S/c1-21-13-10-19-17(21)16(14-8-4-5-9-15(14)18)20-25(23,24)22-11-6-2-3-7-12-22/h4-5,8-10,13,16,20H,2-3,6-7,11-12H2,1H3. The molecule has 6 nitrogen and oxygen atoms in total. The van der Waals surface area contributed by atoms with E-state index in [0.29, 0.717) is 18.9 Å². The van der Waals surface area contributed by atoms with Gasteiger partial charge in [0.05, 0.1) is 0 Å². The molecule has 1 aliphatic heterocycles. The first-order chi connectivity index (χ1) is 12.0. The second-order valence-electron chi connectivity index (χ2n) is 6.29. The number of hydrogen-bond acceptors (Lipinski definition) is 3. The lowest BCUT2D eigenvalue weighted by Crippen LogP contribution is -2.43. The van der Waals surface area contributed by atoms with E-state index in [0.717, 1.165) is 25.7 Å². The van der Waals surface area contributed by atoms with Gasteiger partial charge in [0.2, 0.25) is 0 Å². The summed E-state index contributed by atoms with van der Waals surface area (Å²) in [6.07, 6.45) is 7.03. The number of benzene rings is 1. The Morgan fingerprint density at radius 2 is 1.84 bits per heavy atom. The van der Waals surface area contributed by atoms with Crippen molar-refractivity contribution in [3.8, 4) is 0 Å². The highest BCUT2D eigenvalue weighted by atomic mass is 32.2. The molecule has 8 heteroatoms. The highest BCUT2D eigenvalue weighted by Gasteiger charge is 2.30. The Morgan fingerprint density at radius 1 is 1.16 bits per heavy atom. The molecular formula is C17H23FN4O2S. The molecule has 2 aromatic rings. The zero-order chi connectivity index (χ0) is 17.9. The number of rotatable bonds is 5. The molecule has 1 aromatic heterocycles. The van der Waals surface area contributed by atoms with Crippen molar-refractivity contribution in [2.45, 2.75) is 31.7 Å². The van der Waals surface area contributed by atoms with Crippen LogP contribution in [0.4, 0.5) is 4.39 Å². The van der Waals surface area contributed by atoms with Gasteiger partial charge in [0.25, 0.3) is 10.2 Å². The molecule has 1 aromatic carbocycles. The normalized spacial score (nSPS) is 18.0. The Labute approximate surface area is 147 Å². The van der Waals surface area contributed by atoms with Crippen molar-refractivity contribution in [2.75, 3.05) is 13.1 Å². The zero-order valence-electron chi connectivity index (χ0n) is 14.2. The molecule has 1 fully saturated rings. The number of nitrogens with one attached hydrogen (secondary N) is 1. The van der Waals surface area contributed by atoms with Crippen LogP contribution in [0.2, 0.25) is 0 Å². The SMILES string of the molecule is Cn1ccnc1C(NS(=O)(=O)N1CCCCCC1)c1ccccc1F. The first-order valence-electron chi connectivity index (χ1n) is 8.48. The van der Waals surface area contributed by atoms with E-state index in [1.54, 1.807) is 42.2 Å². The van der Waals surface area contributed by atoms with Gasteiger partial charge in [-0.05, 0) is 18.9 Å². The average Bonchev–Trinajstić information content (AvgIpc) is 2.84. The van der Waals surface area contributed by atoms with Gasteiger partial charge in [-0.2, -0.15) is 17.4 Å². The van der Waals surface area contributed by atoms with Crippen LogP contribution in [0.1, 0.15) is 43.1 Å². The lowest BCUT2D eigenvalue weighted by atomic mass is 10.1. The first kappa shape index (κ1) is 18.0. The van der Waals surface area contributed by atoms with E-state index in [4.69, 9.17) is 0 Å². The smallest absolute Gasteiger partial charge is 0.280 e. The third kappa shape index (κ3) is 4.08. The maximum atomic E-state index is 14.4. The number of imidazole rings is 1. The van der Waals surface area contributed by atoms with E-state index >= 15 is 0 Å². The van der Waals surface area contributed by atoms with Gasteiger partial charge in [0, 0.05) is 38.1 Å². The molecular weight excluding hydrogens is 343 g/mol. The summed E-state index contributed by atoms with van der Waals surface area (Å²) in [4.78, 5) is 4.23. The molecule has 1 unspecified atom stereocenters. The van der Waals surface area contributed by atoms with Gasteiger partial charge in [-0.15, -0.1) is 0 Å². The number of aryl methyl sites for hydroxylation is 1. The van der Waals surface area contributed by atoms with E-state index < -0.39 is 22.1 Å². The van der Waals surface area contributed by atoms with Crippen molar-refractivity contribution in [3.05, 3.63) is 53.9 Å². The molecule has 0 amide bonds. The molecule has 0 bridgehead atoms. The van der Waals surface area contributed by atoms with Crippen molar-refractivity contribution < 1.29 is 12.8 Å². The summed E-state index contributed by atoms with van der Waals surface area (Å²) >= 11 is 0. The van der Waals surface area contributed by atoms with Crippen LogP contribution in [0, 0.1) is 5.82 Å². The van der Waals surface area contributed by atoms with Gasteiger partial charge in [-0.1, -0.05) is 31.0 Å². The van der Waals surface area contributed by atoms with E-state index in [1.807, 2.05) is 0 Å². The van der Waals surface area contributed by atoms with Gasteiger partial charge in [0.1, 0.15) is 17.7 Å². The predicted molar refractivity (Wildman–Crippen MR) is 93.5 cm³/mol. The molecule has 2 heterocycles. The summed E-state index contributed by atoms with van der Waals surface area (Å²) < 4.78 is 46.0. The monoisotopic (exact) mass is 366 g/mol. The molecule has 0 saturated carbocycles. The summed E-state index contributed by atoms with van der Waals surface area (Å²) in [5.74, 6) is -0.0161. The molecule has 3 rings (SSSR count). The molecule has 136 valence electrons. The minimum Gasteiger partial charge on any atom is -0.336 e. The van der Waals surface area contributed by atoms with Gasteiger partial charge >= 0.3 is 0 Å². The Hall–Kier alpha value is -1.77. The van der Waals surface area contributed by atoms with Gasteiger partial charge < -0.3 is 4.57 Å². The highest BCUT2D eigenvalue weighted by molar-refractivity contribution is 7.87. The molecule has 0 spiro atoms. The fourth-order valence-corrected chi connectivity index (χ4v) is 4.54. The molecule has 1 saturated heterocycles. The van der Waals surface area contributed by atoms with E-state index in [2.05, 4.69) is 9.71 Å². The van der Waals surface area contributed by atoms with Crippen molar-refractivity contribution >= 4 is 10.2 Å². The fourth-order valence-electron chi connectivity index (χ4n) is 3.13. The number of hydrogen-bond donors (Lipinski definition) is 1. The van der Waals surface area contributed by atoms with Crippen LogP contribution >= 0.6 is 0 Å². The van der Waals surface area contributed by atoms with Crippen LogP contribution in [0.3, 0.4) is 0 Å². The lowest BCUT2D eigenvalue weighted by molar-refractivity contribution is 0.408. The van der Waals surface area contributed by atoms with Crippen molar-refractivity contribution in [1.82, 2.24) is 18.6 Å². The minimum absolute atomic E-state index is 0.259. The maximum Gasteiger partial charge on any atom is 0.280 e. The Balaban J connectivity index is 1.95. The second kappa shape index (κ2) is 7.63. The summed E-state index contributed by atoms with van der Waals surface area (Å²) in [5.41, 5.74) is 0.259. The first-order valence-corrected chi connectivity index (χ1v) is 9.92. The van der Waals surface area contributed by atoms with Crippen LogP contribution in [0.5, 0.6) is 0 Å². The van der Waals surface area contributed by atoms with Crippen molar-refractivity contribution in [2.24, 2.45) is 7.05 Å². The summed E-state index contributed by atoms with van der Waals surface area (Å²) in [6, 6.07) is 5.30. The second-order valence-corrected chi connectivity index (χ2v) is 7.99. The average molecular weight is 366 g/mol. The fraction of sp³-hybridized carbons (Fsp3) is 0.471. The molecule has 1 atom stereocenters. The van der Waals surface area contributed by atoms with Crippen LogP contribution in [0.15, 0.2) is 36.7 Å². The van der Waals surface area contributed by atoms with Gasteiger partial charge in [0.15, 0.2) is 0 Å². The quantitative estimate of drug-likeness (QED) is 0.883. The topological polar surface area (TPSA) is 67.2 Å². The maximum absolute atomic E-state index is 14.4. The third-order valence-corrected chi connectivity index (χ3v) is 6.08. The Kier molecular flexibility index (Phi) is 5.51. The van der Waals surface area contributed by atoms with Gasteiger partial charge in [-0.3, -0.25) is 0 Å². The Morgan fingerprint density at radius 3 is 2.44 bits per heavy atom. The van der Waals surface area contributed by atoms with E-state index in [1.165, 1.54) is 10.4 Å².